The Morgan fingerprint density at radius 3 is 1.32 bits per heavy atom. The Kier molecular flexibility index (Phi) is 11.1. The lowest BCUT2D eigenvalue weighted by molar-refractivity contribution is 0.414. The zero-order valence-electron chi connectivity index (χ0n) is 22.5. The summed E-state index contributed by atoms with van der Waals surface area (Å²) in [6.07, 6.45) is 3.67. The van der Waals surface area contributed by atoms with Gasteiger partial charge in [-0.05, 0) is 69.3 Å². The van der Waals surface area contributed by atoms with Crippen LogP contribution in [0.4, 0.5) is 0 Å². The van der Waals surface area contributed by atoms with Crippen molar-refractivity contribution in [2.45, 2.75) is 78.6 Å². The fourth-order valence-corrected chi connectivity index (χ4v) is 3.20. The van der Waals surface area contributed by atoms with Gasteiger partial charge in [-0.2, -0.15) is 0 Å². The molecule has 0 aliphatic carbocycles. The molecule has 3 aromatic rings. The summed E-state index contributed by atoms with van der Waals surface area (Å²) >= 11 is 11.7. The molecular formula is C30H41Cl2NO. The van der Waals surface area contributed by atoms with E-state index in [2.05, 4.69) is 91.6 Å². The largest absolute Gasteiger partial charge is 0.497 e. The average molecular weight is 503 g/mol. The molecule has 1 heterocycles. The summed E-state index contributed by atoms with van der Waals surface area (Å²) in [6.45, 7) is 19.6. The van der Waals surface area contributed by atoms with E-state index in [0.29, 0.717) is 10.0 Å². The number of aromatic nitrogens is 1. The highest BCUT2D eigenvalue weighted by Gasteiger charge is 2.14. The molecule has 1 aromatic heterocycles. The van der Waals surface area contributed by atoms with E-state index in [9.17, 15) is 0 Å². The fraction of sp³-hybridized carbons (Fsp3) is 0.433. The molecular weight excluding hydrogens is 461 g/mol. The molecule has 2 aromatic carbocycles. The van der Waals surface area contributed by atoms with Gasteiger partial charge in [0.15, 0.2) is 0 Å². The fourth-order valence-electron chi connectivity index (χ4n) is 2.91. The number of rotatable bonds is 1. The summed E-state index contributed by atoms with van der Waals surface area (Å²) in [7, 11) is 1.69. The number of pyridine rings is 1. The third-order valence-electron chi connectivity index (χ3n) is 5.29. The van der Waals surface area contributed by atoms with E-state index in [1.165, 1.54) is 16.7 Å². The van der Waals surface area contributed by atoms with Gasteiger partial charge >= 0.3 is 0 Å². The maximum Gasteiger partial charge on any atom is 0.118 e. The van der Waals surface area contributed by atoms with Gasteiger partial charge in [0, 0.05) is 12.4 Å². The maximum atomic E-state index is 5.89. The SMILES string of the molecule is CC(C)(C)c1ccc(Cl)c(Cl)c1.CC(C)(C)c1ccncc1.COc1ccc(C(C)(C)C)cc1. The number of halogens is 2. The Balaban J connectivity index is 0.000000256. The summed E-state index contributed by atoms with van der Waals surface area (Å²) < 4.78 is 5.08. The van der Waals surface area contributed by atoms with Crippen LogP contribution >= 0.6 is 23.2 Å². The first-order valence-electron chi connectivity index (χ1n) is 11.6. The van der Waals surface area contributed by atoms with Crippen LogP contribution in [0.2, 0.25) is 10.0 Å². The van der Waals surface area contributed by atoms with Gasteiger partial charge in [0.25, 0.3) is 0 Å². The minimum absolute atomic E-state index is 0.133. The smallest absolute Gasteiger partial charge is 0.118 e. The average Bonchev–Trinajstić information content (AvgIpc) is 2.75. The first kappa shape index (κ1) is 30.0. The Morgan fingerprint density at radius 1 is 0.559 bits per heavy atom. The molecule has 3 rings (SSSR count). The zero-order valence-corrected chi connectivity index (χ0v) is 24.0. The van der Waals surface area contributed by atoms with Gasteiger partial charge in [-0.15, -0.1) is 0 Å². The van der Waals surface area contributed by atoms with Crippen molar-refractivity contribution in [1.29, 1.82) is 0 Å². The first-order valence-corrected chi connectivity index (χ1v) is 12.3. The van der Waals surface area contributed by atoms with Crippen molar-refractivity contribution in [3.8, 4) is 5.75 Å². The number of methoxy groups -OCH3 is 1. The summed E-state index contributed by atoms with van der Waals surface area (Å²) in [5.41, 5.74) is 4.49. The molecule has 0 N–H and O–H groups in total. The number of ether oxygens (including phenoxy) is 1. The monoisotopic (exact) mass is 501 g/mol. The molecule has 4 heteroatoms. The van der Waals surface area contributed by atoms with Gasteiger partial charge in [0.05, 0.1) is 17.2 Å². The number of nitrogens with zero attached hydrogens (tertiary/aromatic N) is 1. The van der Waals surface area contributed by atoms with Crippen molar-refractivity contribution < 1.29 is 4.74 Å². The second-order valence-electron chi connectivity index (χ2n) is 11.3. The Labute approximate surface area is 217 Å². The van der Waals surface area contributed by atoms with Crippen LogP contribution in [0.3, 0.4) is 0 Å². The van der Waals surface area contributed by atoms with Gasteiger partial charge < -0.3 is 4.74 Å². The Hall–Kier alpha value is -2.03. The Morgan fingerprint density at radius 2 is 0.971 bits per heavy atom. The van der Waals surface area contributed by atoms with E-state index < -0.39 is 0 Å². The maximum absolute atomic E-state index is 5.89. The molecule has 0 spiro atoms. The molecule has 0 aliphatic rings. The van der Waals surface area contributed by atoms with E-state index in [1.807, 2.05) is 42.7 Å². The zero-order chi connectivity index (χ0) is 26.2. The van der Waals surface area contributed by atoms with Crippen molar-refractivity contribution in [2.24, 2.45) is 0 Å². The lowest BCUT2D eigenvalue weighted by Crippen LogP contribution is -2.10. The second kappa shape index (κ2) is 12.6. The minimum Gasteiger partial charge on any atom is -0.497 e. The van der Waals surface area contributed by atoms with Crippen molar-refractivity contribution >= 4 is 23.2 Å². The molecule has 34 heavy (non-hydrogen) atoms. The van der Waals surface area contributed by atoms with Gasteiger partial charge in [-0.25, -0.2) is 0 Å². The number of hydrogen-bond donors (Lipinski definition) is 0. The topological polar surface area (TPSA) is 22.1 Å². The van der Waals surface area contributed by atoms with Crippen molar-refractivity contribution in [3.63, 3.8) is 0 Å². The highest BCUT2D eigenvalue weighted by Crippen LogP contribution is 2.29. The summed E-state index contributed by atoms with van der Waals surface area (Å²) in [4.78, 5) is 3.96. The van der Waals surface area contributed by atoms with Crippen molar-refractivity contribution in [2.75, 3.05) is 7.11 Å². The lowest BCUT2D eigenvalue weighted by atomic mass is 9.87. The lowest BCUT2D eigenvalue weighted by Gasteiger charge is -2.19. The quantitative estimate of drug-likeness (QED) is 0.330. The molecule has 0 fully saturated rings. The highest BCUT2D eigenvalue weighted by atomic mass is 35.5. The van der Waals surface area contributed by atoms with Crippen LogP contribution in [0.15, 0.2) is 67.0 Å². The van der Waals surface area contributed by atoms with Crippen molar-refractivity contribution in [1.82, 2.24) is 4.98 Å². The van der Waals surface area contributed by atoms with Crippen LogP contribution in [-0.2, 0) is 16.2 Å². The molecule has 0 unspecified atom stereocenters. The summed E-state index contributed by atoms with van der Waals surface area (Å²) in [6, 6.07) is 18.1. The van der Waals surface area contributed by atoms with E-state index in [-0.39, 0.29) is 16.2 Å². The molecule has 0 atom stereocenters. The van der Waals surface area contributed by atoms with Gasteiger partial charge in [-0.1, -0.05) is 104 Å². The third kappa shape index (κ3) is 10.5. The summed E-state index contributed by atoms with van der Waals surface area (Å²) in [5, 5.41) is 1.24. The molecule has 0 radical (unpaired) electrons. The molecule has 2 nitrogen and oxygen atoms in total. The molecule has 0 aliphatic heterocycles. The van der Waals surface area contributed by atoms with Gasteiger partial charge in [0.2, 0.25) is 0 Å². The summed E-state index contributed by atoms with van der Waals surface area (Å²) in [5.74, 6) is 0.919. The van der Waals surface area contributed by atoms with Crippen LogP contribution in [0.25, 0.3) is 0 Å². The predicted octanol–water partition coefficient (Wildman–Crippen LogP) is 9.66. The van der Waals surface area contributed by atoms with Gasteiger partial charge in [0.1, 0.15) is 5.75 Å². The van der Waals surface area contributed by atoms with Crippen LogP contribution in [-0.4, -0.2) is 12.1 Å². The van der Waals surface area contributed by atoms with Crippen LogP contribution < -0.4 is 4.74 Å². The predicted molar refractivity (Wildman–Crippen MR) is 150 cm³/mol. The van der Waals surface area contributed by atoms with E-state index >= 15 is 0 Å². The molecule has 0 saturated carbocycles. The highest BCUT2D eigenvalue weighted by molar-refractivity contribution is 6.42. The third-order valence-corrected chi connectivity index (χ3v) is 6.03. The molecule has 186 valence electrons. The Bertz CT molecular complexity index is 993. The number of benzene rings is 2. The first-order chi connectivity index (χ1) is 15.6. The molecule has 0 bridgehead atoms. The minimum atomic E-state index is 0.133. The standard InChI is InChI=1S/C11H16O.C10H12Cl2.C9H13N/c1-11(2,3)9-5-7-10(12-4)8-6-9;1-10(2,3)7-4-5-8(11)9(12)6-7;1-9(2,3)8-4-6-10-7-5-8/h5-8H,1-4H3;4-6H,1-3H3;4-7H,1-3H3. The van der Waals surface area contributed by atoms with Gasteiger partial charge in [-0.3, -0.25) is 4.98 Å². The van der Waals surface area contributed by atoms with Crippen LogP contribution in [0.5, 0.6) is 5.75 Å². The van der Waals surface area contributed by atoms with Crippen LogP contribution in [0, 0.1) is 0 Å². The van der Waals surface area contributed by atoms with Crippen molar-refractivity contribution in [3.05, 3.63) is 93.7 Å². The molecule has 0 saturated heterocycles. The molecule has 0 amide bonds. The normalized spacial score (nSPS) is 11.5. The van der Waals surface area contributed by atoms with Crippen LogP contribution in [0.1, 0.15) is 79.0 Å². The van der Waals surface area contributed by atoms with E-state index in [1.54, 1.807) is 7.11 Å². The number of hydrogen-bond acceptors (Lipinski definition) is 2. The van der Waals surface area contributed by atoms with E-state index in [0.717, 1.165) is 5.75 Å². The van der Waals surface area contributed by atoms with E-state index in [4.69, 9.17) is 27.9 Å². The second-order valence-corrected chi connectivity index (χ2v) is 12.2.